The molecule has 2 N–H and O–H groups in total. The van der Waals surface area contributed by atoms with E-state index in [1.54, 1.807) is 19.1 Å². The molecule has 1 fully saturated rings. The van der Waals surface area contributed by atoms with Gasteiger partial charge in [-0.3, -0.25) is 4.79 Å². The Balaban J connectivity index is 1.72. The molecule has 3 rings (SSSR count). The lowest BCUT2D eigenvalue weighted by molar-refractivity contribution is -0.121. The predicted molar refractivity (Wildman–Crippen MR) is 88.6 cm³/mol. The lowest BCUT2D eigenvalue weighted by Crippen LogP contribution is -2.26. The van der Waals surface area contributed by atoms with Crippen molar-refractivity contribution in [3.05, 3.63) is 65.2 Å². The minimum atomic E-state index is -0.955. The van der Waals surface area contributed by atoms with E-state index < -0.39 is 5.97 Å². The van der Waals surface area contributed by atoms with E-state index in [1.165, 1.54) is 6.07 Å². The summed E-state index contributed by atoms with van der Waals surface area (Å²) >= 11 is 0. The fourth-order valence-electron chi connectivity index (χ4n) is 2.87. The van der Waals surface area contributed by atoms with Crippen LogP contribution in [0.4, 0.5) is 5.69 Å². The predicted octanol–water partition coefficient (Wildman–Crippen LogP) is 3.65. The fourth-order valence-corrected chi connectivity index (χ4v) is 2.87. The van der Waals surface area contributed by atoms with E-state index in [0.29, 0.717) is 11.3 Å². The highest BCUT2D eigenvalue weighted by Crippen LogP contribution is 2.49. The Morgan fingerprint density at radius 2 is 1.83 bits per heavy atom. The van der Waals surface area contributed by atoms with Gasteiger partial charge in [0.25, 0.3) is 0 Å². The summed E-state index contributed by atoms with van der Waals surface area (Å²) in [6.07, 6.45) is 2.52. The van der Waals surface area contributed by atoms with Crippen LogP contribution >= 0.6 is 0 Å². The van der Waals surface area contributed by atoms with Gasteiger partial charge >= 0.3 is 5.97 Å². The zero-order valence-corrected chi connectivity index (χ0v) is 13.0. The standard InChI is InChI=1S/C19H19NO3/c1-13-11-15(7-8-16(13)17(21)22)20-18(23)19(9-10-19)12-14-5-3-2-4-6-14/h2-8,11H,9-10,12H2,1H3,(H,20,23)(H,21,22). The van der Waals surface area contributed by atoms with Crippen LogP contribution in [0.25, 0.3) is 0 Å². The molecule has 1 aliphatic rings. The zero-order valence-electron chi connectivity index (χ0n) is 13.0. The van der Waals surface area contributed by atoms with Gasteiger partial charge in [0, 0.05) is 5.69 Å². The number of carbonyl (C=O) groups is 2. The number of carboxylic acids is 1. The van der Waals surface area contributed by atoms with Crippen LogP contribution in [0, 0.1) is 12.3 Å². The summed E-state index contributed by atoms with van der Waals surface area (Å²) in [5.74, 6) is -0.938. The van der Waals surface area contributed by atoms with Crippen molar-refractivity contribution < 1.29 is 14.7 Å². The summed E-state index contributed by atoms with van der Waals surface area (Å²) in [5.41, 5.74) is 2.40. The largest absolute Gasteiger partial charge is 0.478 e. The third-order valence-electron chi connectivity index (χ3n) is 4.44. The number of aromatic carboxylic acids is 1. The molecule has 1 amide bonds. The van der Waals surface area contributed by atoms with Crippen LogP contribution in [0.3, 0.4) is 0 Å². The van der Waals surface area contributed by atoms with Crippen molar-refractivity contribution in [2.45, 2.75) is 26.2 Å². The first-order valence-corrected chi connectivity index (χ1v) is 7.69. The number of benzene rings is 2. The Labute approximate surface area is 135 Å². The number of aryl methyl sites for hydroxylation is 1. The molecular formula is C19H19NO3. The van der Waals surface area contributed by atoms with E-state index in [9.17, 15) is 9.59 Å². The van der Waals surface area contributed by atoms with Gasteiger partial charge in [-0.25, -0.2) is 4.79 Å². The minimum absolute atomic E-state index is 0.0174. The maximum absolute atomic E-state index is 12.6. The molecule has 2 aromatic rings. The highest BCUT2D eigenvalue weighted by atomic mass is 16.4. The van der Waals surface area contributed by atoms with E-state index in [1.807, 2.05) is 30.3 Å². The van der Waals surface area contributed by atoms with Gasteiger partial charge in [0.15, 0.2) is 0 Å². The number of hydrogen-bond donors (Lipinski definition) is 2. The number of carbonyl (C=O) groups excluding carboxylic acids is 1. The van der Waals surface area contributed by atoms with Gasteiger partial charge in [0.2, 0.25) is 5.91 Å². The SMILES string of the molecule is Cc1cc(NC(=O)C2(Cc3ccccc3)CC2)ccc1C(=O)O. The molecule has 0 radical (unpaired) electrons. The smallest absolute Gasteiger partial charge is 0.335 e. The molecule has 0 atom stereocenters. The van der Waals surface area contributed by atoms with E-state index in [-0.39, 0.29) is 16.9 Å². The van der Waals surface area contributed by atoms with E-state index >= 15 is 0 Å². The lowest BCUT2D eigenvalue weighted by Gasteiger charge is -2.16. The average Bonchev–Trinajstić information content (AvgIpc) is 3.29. The number of anilines is 1. The highest BCUT2D eigenvalue weighted by Gasteiger charge is 2.49. The van der Waals surface area contributed by atoms with Gasteiger partial charge in [0.05, 0.1) is 11.0 Å². The second-order valence-electron chi connectivity index (χ2n) is 6.23. The van der Waals surface area contributed by atoms with Gasteiger partial charge in [-0.1, -0.05) is 30.3 Å². The van der Waals surface area contributed by atoms with Crippen molar-refractivity contribution >= 4 is 17.6 Å². The van der Waals surface area contributed by atoms with Crippen LogP contribution < -0.4 is 5.32 Å². The number of hydrogen-bond acceptors (Lipinski definition) is 2. The molecule has 1 saturated carbocycles. The van der Waals surface area contributed by atoms with Crippen molar-refractivity contribution in [3.63, 3.8) is 0 Å². The van der Waals surface area contributed by atoms with Gasteiger partial charge in [-0.2, -0.15) is 0 Å². The van der Waals surface area contributed by atoms with Gasteiger partial charge in [-0.15, -0.1) is 0 Å². The third-order valence-corrected chi connectivity index (χ3v) is 4.44. The summed E-state index contributed by atoms with van der Waals surface area (Å²) in [7, 11) is 0. The molecule has 4 nitrogen and oxygen atoms in total. The molecule has 0 aliphatic heterocycles. The van der Waals surface area contributed by atoms with Crippen molar-refractivity contribution in [2.24, 2.45) is 5.41 Å². The fraction of sp³-hybridized carbons (Fsp3) is 0.263. The average molecular weight is 309 g/mol. The summed E-state index contributed by atoms with van der Waals surface area (Å²) in [6.45, 7) is 1.73. The molecule has 0 saturated heterocycles. The van der Waals surface area contributed by atoms with Crippen LogP contribution in [-0.2, 0) is 11.2 Å². The second-order valence-corrected chi connectivity index (χ2v) is 6.23. The molecule has 0 unspecified atom stereocenters. The molecule has 23 heavy (non-hydrogen) atoms. The molecule has 0 bridgehead atoms. The second kappa shape index (κ2) is 5.88. The Morgan fingerprint density at radius 3 is 2.39 bits per heavy atom. The Morgan fingerprint density at radius 1 is 1.13 bits per heavy atom. The molecular weight excluding hydrogens is 290 g/mol. The summed E-state index contributed by atoms with van der Waals surface area (Å²) < 4.78 is 0. The molecule has 2 aromatic carbocycles. The van der Waals surface area contributed by atoms with Gasteiger partial charge in [0.1, 0.15) is 0 Å². The summed E-state index contributed by atoms with van der Waals surface area (Å²) in [4.78, 5) is 23.6. The number of nitrogens with one attached hydrogen (secondary N) is 1. The maximum atomic E-state index is 12.6. The van der Waals surface area contributed by atoms with E-state index in [4.69, 9.17) is 5.11 Å². The van der Waals surface area contributed by atoms with Crippen molar-refractivity contribution in [2.75, 3.05) is 5.32 Å². The quantitative estimate of drug-likeness (QED) is 0.886. The normalized spacial score (nSPS) is 15.0. The Kier molecular flexibility index (Phi) is 3.90. The van der Waals surface area contributed by atoms with Crippen LogP contribution in [0.2, 0.25) is 0 Å². The highest BCUT2D eigenvalue weighted by molar-refractivity contribution is 5.98. The van der Waals surface area contributed by atoms with Crippen LogP contribution in [0.5, 0.6) is 0 Å². The topological polar surface area (TPSA) is 66.4 Å². The third kappa shape index (κ3) is 3.26. The maximum Gasteiger partial charge on any atom is 0.335 e. The Hall–Kier alpha value is -2.62. The molecule has 0 spiro atoms. The summed E-state index contributed by atoms with van der Waals surface area (Å²) in [5, 5.41) is 12.0. The first kappa shape index (κ1) is 15.3. The summed E-state index contributed by atoms with van der Waals surface area (Å²) in [6, 6.07) is 14.9. The van der Waals surface area contributed by atoms with E-state index in [2.05, 4.69) is 5.32 Å². The van der Waals surface area contributed by atoms with Crippen LogP contribution in [0.15, 0.2) is 48.5 Å². The monoisotopic (exact) mass is 309 g/mol. The molecule has 1 aliphatic carbocycles. The lowest BCUT2D eigenvalue weighted by atomic mass is 9.95. The first-order valence-electron chi connectivity index (χ1n) is 7.69. The number of amides is 1. The minimum Gasteiger partial charge on any atom is -0.478 e. The van der Waals surface area contributed by atoms with Crippen LogP contribution in [-0.4, -0.2) is 17.0 Å². The molecule has 0 aromatic heterocycles. The van der Waals surface area contributed by atoms with Crippen molar-refractivity contribution in [3.8, 4) is 0 Å². The van der Waals surface area contributed by atoms with E-state index in [0.717, 1.165) is 24.8 Å². The van der Waals surface area contributed by atoms with Crippen LogP contribution in [0.1, 0.15) is 34.3 Å². The van der Waals surface area contributed by atoms with Gasteiger partial charge in [-0.05, 0) is 55.5 Å². The Bertz CT molecular complexity index is 748. The van der Waals surface area contributed by atoms with Crippen molar-refractivity contribution in [1.82, 2.24) is 0 Å². The first-order chi connectivity index (χ1) is 11.0. The number of rotatable bonds is 5. The van der Waals surface area contributed by atoms with Gasteiger partial charge < -0.3 is 10.4 Å². The molecule has 4 heteroatoms. The molecule has 118 valence electrons. The zero-order chi connectivity index (χ0) is 16.4. The molecule has 0 heterocycles. The number of carboxylic acid groups (broad SMARTS) is 1. The van der Waals surface area contributed by atoms with Crippen molar-refractivity contribution in [1.29, 1.82) is 0 Å².